The number of rotatable bonds is 8. The van der Waals surface area contributed by atoms with Gasteiger partial charge in [-0.15, -0.1) is 0 Å². The van der Waals surface area contributed by atoms with E-state index in [1.165, 1.54) is 0 Å². The third-order valence-electron chi connectivity index (χ3n) is 2.00. The van der Waals surface area contributed by atoms with Crippen LogP contribution in [0.3, 0.4) is 0 Å². The zero-order valence-electron chi connectivity index (χ0n) is 9.60. The van der Waals surface area contributed by atoms with E-state index < -0.39 is 19.1 Å². The summed E-state index contributed by atoms with van der Waals surface area (Å²) in [6, 6.07) is 0. The summed E-state index contributed by atoms with van der Waals surface area (Å²) >= 11 is 0. The minimum Gasteiger partial charge on any atom is -0.393 e. The number of hydrogen-bond donors (Lipinski definition) is 1. The molecule has 1 N–H and O–H groups in total. The van der Waals surface area contributed by atoms with Crippen LogP contribution < -0.4 is 0 Å². The van der Waals surface area contributed by atoms with Crippen LogP contribution in [0.15, 0.2) is 4.52 Å². The monoisotopic (exact) mass is 250 g/mol. The Labute approximate surface area is 97.8 Å². The molecule has 0 saturated heterocycles. The van der Waals surface area contributed by atoms with Gasteiger partial charge in [0.05, 0.1) is 12.7 Å². The molecule has 0 aromatic carbocycles. The van der Waals surface area contributed by atoms with Crippen LogP contribution >= 0.6 is 0 Å². The van der Waals surface area contributed by atoms with E-state index in [4.69, 9.17) is 14.4 Å². The maximum absolute atomic E-state index is 11.7. The van der Waals surface area contributed by atoms with Gasteiger partial charge in [0.1, 0.15) is 6.61 Å². The summed E-state index contributed by atoms with van der Waals surface area (Å²) in [6.07, 6.45) is -1.49. The van der Waals surface area contributed by atoms with Crippen molar-refractivity contribution in [3.8, 4) is 0 Å². The van der Waals surface area contributed by atoms with Crippen LogP contribution in [0, 0.1) is 0 Å². The lowest BCUT2D eigenvalue weighted by Gasteiger charge is -2.00. The highest BCUT2D eigenvalue weighted by Crippen LogP contribution is 2.04. The standard InChI is InChI=1S/C10H16F2N2O3/c1-7(15)2-3-10-13-9(14-17-10)4-5-16-6-8(11)12/h7-8,15H,2-6H2,1H3. The van der Waals surface area contributed by atoms with Crippen molar-refractivity contribution in [2.75, 3.05) is 13.2 Å². The van der Waals surface area contributed by atoms with Crippen molar-refractivity contribution >= 4 is 0 Å². The number of halogens is 2. The summed E-state index contributed by atoms with van der Waals surface area (Å²) < 4.78 is 33.1. The maximum Gasteiger partial charge on any atom is 0.261 e. The van der Waals surface area contributed by atoms with Crippen LogP contribution in [0.25, 0.3) is 0 Å². The number of hydrogen-bond acceptors (Lipinski definition) is 5. The number of aryl methyl sites for hydroxylation is 1. The molecule has 1 aromatic heterocycles. The number of aromatic nitrogens is 2. The molecule has 0 spiro atoms. The van der Waals surface area contributed by atoms with Crippen LogP contribution in [0.5, 0.6) is 0 Å². The second-order valence-electron chi connectivity index (χ2n) is 3.71. The van der Waals surface area contributed by atoms with Crippen LogP contribution in [0.2, 0.25) is 0 Å². The van der Waals surface area contributed by atoms with Gasteiger partial charge in [0, 0.05) is 12.8 Å². The first-order chi connectivity index (χ1) is 8.08. The van der Waals surface area contributed by atoms with Crippen LogP contribution in [-0.2, 0) is 17.6 Å². The smallest absolute Gasteiger partial charge is 0.261 e. The zero-order valence-corrected chi connectivity index (χ0v) is 9.60. The Kier molecular flexibility index (Phi) is 5.99. The largest absolute Gasteiger partial charge is 0.393 e. The summed E-state index contributed by atoms with van der Waals surface area (Å²) in [5.74, 6) is 0.870. The second-order valence-corrected chi connectivity index (χ2v) is 3.71. The molecule has 0 aliphatic carbocycles. The van der Waals surface area contributed by atoms with Crippen LogP contribution in [0.1, 0.15) is 25.1 Å². The lowest BCUT2D eigenvalue weighted by molar-refractivity contribution is 0.0182. The summed E-state index contributed by atoms with van der Waals surface area (Å²) in [6.45, 7) is 1.24. The predicted octanol–water partition coefficient (Wildman–Crippen LogP) is 1.21. The molecule has 1 rings (SSSR count). The molecule has 0 saturated carbocycles. The van der Waals surface area contributed by atoms with Gasteiger partial charge in [-0.2, -0.15) is 4.98 Å². The van der Waals surface area contributed by atoms with E-state index in [2.05, 4.69) is 10.1 Å². The van der Waals surface area contributed by atoms with Crippen molar-refractivity contribution in [2.24, 2.45) is 0 Å². The number of aliphatic hydroxyl groups excluding tert-OH is 1. The van der Waals surface area contributed by atoms with E-state index in [0.717, 1.165) is 0 Å². The SMILES string of the molecule is CC(O)CCc1nc(CCOCC(F)F)no1. The predicted molar refractivity (Wildman–Crippen MR) is 54.8 cm³/mol. The molecule has 0 bridgehead atoms. The molecule has 7 heteroatoms. The average molecular weight is 250 g/mol. The molecule has 1 heterocycles. The van der Waals surface area contributed by atoms with E-state index in [9.17, 15) is 8.78 Å². The fourth-order valence-electron chi connectivity index (χ4n) is 1.16. The van der Waals surface area contributed by atoms with E-state index in [-0.39, 0.29) is 6.61 Å². The first-order valence-electron chi connectivity index (χ1n) is 5.43. The molecule has 0 fully saturated rings. The Bertz CT molecular complexity index is 318. The second kappa shape index (κ2) is 7.29. The minimum absolute atomic E-state index is 0.139. The average Bonchev–Trinajstić information content (AvgIpc) is 2.69. The van der Waals surface area contributed by atoms with Gasteiger partial charge in [0.2, 0.25) is 5.89 Å². The van der Waals surface area contributed by atoms with Gasteiger partial charge in [0.15, 0.2) is 5.82 Å². The highest BCUT2D eigenvalue weighted by Gasteiger charge is 2.08. The van der Waals surface area contributed by atoms with Gasteiger partial charge in [-0.1, -0.05) is 5.16 Å². The molecule has 5 nitrogen and oxygen atoms in total. The fourth-order valence-corrected chi connectivity index (χ4v) is 1.16. The van der Waals surface area contributed by atoms with Crippen molar-refractivity contribution < 1.29 is 23.1 Å². The highest BCUT2D eigenvalue weighted by molar-refractivity contribution is 4.86. The van der Waals surface area contributed by atoms with Gasteiger partial charge in [-0.3, -0.25) is 0 Å². The lowest BCUT2D eigenvalue weighted by Crippen LogP contribution is -2.07. The lowest BCUT2D eigenvalue weighted by atomic mass is 10.2. The van der Waals surface area contributed by atoms with Gasteiger partial charge < -0.3 is 14.4 Å². The Hall–Kier alpha value is -1.08. The molecule has 0 radical (unpaired) electrons. The van der Waals surface area contributed by atoms with Crippen LogP contribution in [-0.4, -0.2) is 41.0 Å². The summed E-state index contributed by atoms with van der Waals surface area (Å²) in [5.41, 5.74) is 0. The number of aliphatic hydroxyl groups is 1. The first-order valence-corrected chi connectivity index (χ1v) is 5.43. The number of alkyl halides is 2. The minimum atomic E-state index is -2.46. The first kappa shape index (κ1) is 14.0. The van der Waals surface area contributed by atoms with Gasteiger partial charge in [-0.05, 0) is 13.3 Å². The van der Waals surface area contributed by atoms with E-state index in [1.807, 2.05) is 0 Å². The molecule has 17 heavy (non-hydrogen) atoms. The summed E-state index contributed by atoms with van der Waals surface area (Å²) in [4.78, 5) is 4.04. The Balaban J connectivity index is 2.21. The number of ether oxygens (including phenoxy) is 1. The molecule has 0 amide bonds. The third kappa shape index (κ3) is 6.28. The van der Waals surface area contributed by atoms with Gasteiger partial charge in [-0.25, -0.2) is 8.78 Å². The van der Waals surface area contributed by atoms with Gasteiger partial charge in [0.25, 0.3) is 6.43 Å². The molecule has 0 aliphatic rings. The molecule has 1 aromatic rings. The normalized spacial score (nSPS) is 13.2. The van der Waals surface area contributed by atoms with Gasteiger partial charge >= 0.3 is 0 Å². The molecular formula is C10H16F2N2O3. The fraction of sp³-hybridized carbons (Fsp3) is 0.800. The van der Waals surface area contributed by atoms with Crippen molar-refractivity contribution in [3.63, 3.8) is 0 Å². The van der Waals surface area contributed by atoms with E-state index in [1.54, 1.807) is 6.92 Å². The zero-order chi connectivity index (χ0) is 12.7. The van der Waals surface area contributed by atoms with Crippen molar-refractivity contribution in [1.82, 2.24) is 10.1 Å². The van der Waals surface area contributed by atoms with E-state index >= 15 is 0 Å². The number of nitrogens with zero attached hydrogens (tertiary/aromatic N) is 2. The Morgan fingerprint density at radius 3 is 2.82 bits per heavy atom. The third-order valence-corrected chi connectivity index (χ3v) is 2.00. The molecule has 1 unspecified atom stereocenters. The Morgan fingerprint density at radius 2 is 2.18 bits per heavy atom. The highest BCUT2D eigenvalue weighted by atomic mass is 19.3. The maximum atomic E-state index is 11.7. The topological polar surface area (TPSA) is 68.4 Å². The van der Waals surface area contributed by atoms with Crippen LogP contribution in [0.4, 0.5) is 8.78 Å². The summed E-state index contributed by atoms with van der Waals surface area (Å²) in [5, 5.41) is 12.7. The summed E-state index contributed by atoms with van der Waals surface area (Å²) in [7, 11) is 0. The quantitative estimate of drug-likeness (QED) is 0.702. The van der Waals surface area contributed by atoms with E-state index in [0.29, 0.717) is 31.0 Å². The Morgan fingerprint density at radius 1 is 1.41 bits per heavy atom. The molecule has 0 aliphatic heterocycles. The van der Waals surface area contributed by atoms with Crippen molar-refractivity contribution in [2.45, 2.75) is 38.7 Å². The molecular weight excluding hydrogens is 234 g/mol. The molecule has 98 valence electrons. The van der Waals surface area contributed by atoms with Crippen molar-refractivity contribution in [1.29, 1.82) is 0 Å². The molecule has 1 atom stereocenters. The van der Waals surface area contributed by atoms with Crippen molar-refractivity contribution in [3.05, 3.63) is 11.7 Å².